The number of aromatic nitrogens is 2. The summed E-state index contributed by atoms with van der Waals surface area (Å²) >= 11 is 0. The lowest BCUT2D eigenvalue weighted by atomic mass is 10.1. The van der Waals surface area contributed by atoms with Crippen LogP contribution in [0.3, 0.4) is 0 Å². The first kappa shape index (κ1) is 15.5. The van der Waals surface area contributed by atoms with E-state index in [0.29, 0.717) is 13.2 Å². The average Bonchev–Trinajstić information content (AvgIpc) is 2.87. The Labute approximate surface area is 125 Å². The predicted molar refractivity (Wildman–Crippen MR) is 83.4 cm³/mol. The lowest BCUT2D eigenvalue weighted by Gasteiger charge is -2.07. The summed E-state index contributed by atoms with van der Waals surface area (Å²) in [5.74, 6) is 0.847. The molecule has 0 amide bonds. The van der Waals surface area contributed by atoms with Crippen LogP contribution in [0.1, 0.15) is 12.5 Å². The van der Waals surface area contributed by atoms with E-state index in [2.05, 4.69) is 23.5 Å². The van der Waals surface area contributed by atoms with E-state index in [1.807, 2.05) is 36.0 Å². The number of aryl methyl sites for hydroxylation is 1. The molecule has 0 radical (unpaired) electrons. The minimum Gasteiger partial charge on any atom is -0.491 e. The van der Waals surface area contributed by atoms with E-state index in [1.165, 1.54) is 5.56 Å². The second-order valence-electron chi connectivity index (χ2n) is 4.82. The van der Waals surface area contributed by atoms with Gasteiger partial charge in [-0.25, -0.2) is 0 Å². The van der Waals surface area contributed by atoms with E-state index in [4.69, 9.17) is 9.47 Å². The summed E-state index contributed by atoms with van der Waals surface area (Å²) in [6, 6.07) is 8.02. The Balaban J connectivity index is 2.10. The molecular formula is C16H23N3O2. The fourth-order valence-corrected chi connectivity index (χ4v) is 2.12. The standard InChI is InChI=1S/C16H23N3O2/c1-4-17-11-14-12-19(2)18-16(14)13-5-7-15(8-6-13)21-10-9-20-3/h5-8,12,17H,4,9-11H2,1-3H3. The summed E-state index contributed by atoms with van der Waals surface area (Å²) in [5, 5.41) is 7.90. The van der Waals surface area contributed by atoms with Crippen LogP contribution in [0, 0.1) is 0 Å². The molecule has 0 spiro atoms. The van der Waals surface area contributed by atoms with E-state index in [9.17, 15) is 0 Å². The molecule has 1 N–H and O–H groups in total. The number of ether oxygens (including phenoxy) is 2. The van der Waals surface area contributed by atoms with E-state index in [-0.39, 0.29) is 0 Å². The normalized spacial score (nSPS) is 10.8. The SMILES string of the molecule is CCNCc1cn(C)nc1-c1ccc(OCCOC)cc1. The van der Waals surface area contributed by atoms with Crippen LogP contribution in [0.2, 0.25) is 0 Å². The van der Waals surface area contributed by atoms with E-state index < -0.39 is 0 Å². The lowest BCUT2D eigenvalue weighted by Crippen LogP contribution is -2.11. The maximum Gasteiger partial charge on any atom is 0.119 e. The topological polar surface area (TPSA) is 48.3 Å². The van der Waals surface area contributed by atoms with Crippen LogP contribution in [0.25, 0.3) is 11.3 Å². The molecule has 2 aromatic rings. The Kier molecular flexibility index (Phi) is 5.78. The molecule has 0 saturated carbocycles. The van der Waals surface area contributed by atoms with Crippen molar-refractivity contribution >= 4 is 0 Å². The molecule has 0 aliphatic heterocycles. The van der Waals surface area contributed by atoms with Crippen LogP contribution in [0.4, 0.5) is 0 Å². The van der Waals surface area contributed by atoms with E-state index in [1.54, 1.807) is 7.11 Å². The van der Waals surface area contributed by atoms with Gasteiger partial charge in [-0.1, -0.05) is 6.92 Å². The minimum atomic E-state index is 0.561. The van der Waals surface area contributed by atoms with Gasteiger partial charge in [-0.15, -0.1) is 0 Å². The van der Waals surface area contributed by atoms with Crippen molar-refractivity contribution in [3.63, 3.8) is 0 Å². The van der Waals surface area contributed by atoms with Gasteiger partial charge < -0.3 is 14.8 Å². The molecule has 0 aliphatic carbocycles. The van der Waals surface area contributed by atoms with Gasteiger partial charge in [0.2, 0.25) is 0 Å². The van der Waals surface area contributed by atoms with Gasteiger partial charge in [0.05, 0.1) is 12.3 Å². The monoisotopic (exact) mass is 289 g/mol. The molecule has 0 saturated heterocycles. The summed E-state index contributed by atoms with van der Waals surface area (Å²) in [6.45, 7) is 5.02. The molecule has 5 nitrogen and oxygen atoms in total. The molecule has 1 heterocycles. The number of nitrogens with one attached hydrogen (secondary N) is 1. The molecule has 0 unspecified atom stereocenters. The van der Waals surface area contributed by atoms with Gasteiger partial charge in [0, 0.05) is 38.0 Å². The highest BCUT2D eigenvalue weighted by Crippen LogP contribution is 2.24. The zero-order valence-electron chi connectivity index (χ0n) is 12.9. The molecule has 114 valence electrons. The first-order valence-corrected chi connectivity index (χ1v) is 7.20. The third-order valence-electron chi connectivity index (χ3n) is 3.15. The molecule has 5 heteroatoms. The van der Waals surface area contributed by atoms with Crippen LogP contribution in [0.15, 0.2) is 30.5 Å². The van der Waals surface area contributed by atoms with Crippen molar-refractivity contribution in [1.82, 2.24) is 15.1 Å². The van der Waals surface area contributed by atoms with Gasteiger partial charge in [0.25, 0.3) is 0 Å². The second-order valence-corrected chi connectivity index (χ2v) is 4.82. The Morgan fingerprint density at radius 1 is 1.19 bits per heavy atom. The first-order chi connectivity index (χ1) is 10.2. The molecule has 0 bridgehead atoms. The number of hydrogen-bond acceptors (Lipinski definition) is 4. The van der Waals surface area contributed by atoms with Crippen molar-refractivity contribution in [3.8, 4) is 17.0 Å². The third kappa shape index (κ3) is 4.31. The molecule has 0 fully saturated rings. The molecule has 21 heavy (non-hydrogen) atoms. The van der Waals surface area contributed by atoms with Crippen molar-refractivity contribution < 1.29 is 9.47 Å². The molecule has 1 aromatic carbocycles. The Bertz CT molecular complexity index is 549. The van der Waals surface area contributed by atoms with Gasteiger partial charge in [0.1, 0.15) is 12.4 Å². The summed E-state index contributed by atoms with van der Waals surface area (Å²) in [6.07, 6.45) is 2.06. The molecule has 2 rings (SSSR count). The Hall–Kier alpha value is -1.85. The van der Waals surface area contributed by atoms with E-state index in [0.717, 1.165) is 30.1 Å². The van der Waals surface area contributed by atoms with Crippen molar-refractivity contribution in [2.75, 3.05) is 26.9 Å². The van der Waals surface area contributed by atoms with Crippen LogP contribution in [-0.2, 0) is 18.3 Å². The Morgan fingerprint density at radius 2 is 1.95 bits per heavy atom. The summed E-state index contributed by atoms with van der Waals surface area (Å²) in [5.41, 5.74) is 3.32. The van der Waals surface area contributed by atoms with Gasteiger partial charge in [-0.2, -0.15) is 5.10 Å². The fraction of sp³-hybridized carbons (Fsp3) is 0.438. The Morgan fingerprint density at radius 3 is 2.62 bits per heavy atom. The summed E-state index contributed by atoms with van der Waals surface area (Å²) in [7, 11) is 3.61. The maximum absolute atomic E-state index is 5.57. The number of nitrogens with zero attached hydrogens (tertiary/aromatic N) is 2. The van der Waals surface area contributed by atoms with Crippen molar-refractivity contribution in [2.24, 2.45) is 7.05 Å². The van der Waals surface area contributed by atoms with E-state index >= 15 is 0 Å². The smallest absolute Gasteiger partial charge is 0.119 e. The molecular weight excluding hydrogens is 266 g/mol. The first-order valence-electron chi connectivity index (χ1n) is 7.20. The minimum absolute atomic E-state index is 0.561. The zero-order valence-corrected chi connectivity index (χ0v) is 12.9. The number of benzene rings is 1. The highest BCUT2D eigenvalue weighted by Gasteiger charge is 2.09. The van der Waals surface area contributed by atoms with Crippen molar-refractivity contribution in [2.45, 2.75) is 13.5 Å². The van der Waals surface area contributed by atoms with Crippen LogP contribution < -0.4 is 10.1 Å². The number of hydrogen-bond donors (Lipinski definition) is 1. The average molecular weight is 289 g/mol. The largest absolute Gasteiger partial charge is 0.491 e. The van der Waals surface area contributed by atoms with Crippen LogP contribution in [0.5, 0.6) is 5.75 Å². The summed E-state index contributed by atoms with van der Waals surface area (Å²) in [4.78, 5) is 0. The van der Waals surface area contributed by atoms with Crippen LogP contribution >= 0.6 is 0 Å². The lowest BCUT2D eigenvalue weighted by molar-refractivity contribution is 0.146. The number of methoxy groups -OCH3 is 1. The van der Waals surface area contributed by atoms with Gasteiger partial charge in [-0.3, -0.25) is 4.68 Å². The summed E-state index contributed by atoms with van der Waals surface area (Å²) < 4.78 is 12.4. The third-order valence-corrected chi connectivity index (χ3v) is 3.15. The zero-order chi connectivity index (χ0) is 15.1. The maximum atomic E-state index is 5.57. The molecule has 0 aliphatic rings. The highest BCUT2D eigenvalue weighted by atomic mass is 16.5. The van der Waals surface area contributed by atoms with Crippen molar-refractivity contribution in [3.05, 3.63) is 36.0 Å². The quantitative estimate of drug-likeness (QED) is 0.757. The fourth-order valence-electron chi connectivity index (χ4n) is 2.12. The number of rotatable bonds is 8. The van der Waals surface area contributed by atoms with Gasteiger partial charge in [0.15, 0.2) is 0 Å². The van der Waals surface area contributed by atoms with Crippen molar-refractivity contribution in [1.29, 1.82) is 0 Å². The van der Waals surface area contributed by atoms with Gasteiger partial charge in [-0.05, 0) is 30.8 Å². The molecule has 0 atom stereocenters. The molecule has 1 aromatic heterocycles. The van der Waals surface area contributed by atoms with Crippen LogP contribution in [-0.4, -0.2) is 36.6 Å². The second kappa shape index (κ2) is 7.81. The highest BCUT2D eigenvalue weighted by molar-refractivity contribution is 5.63. The van der Waals surface area contributed by atoms with Gasteiger partial charge >= 0.3 is 0 Å². The predicted octanol–water partition coefficient (Wildman–Crippen LogP) is 2.22.